The average molecular weight is 481 g/mol. The maximum atomic E-state index is 11.8. The van der Waals surface area contributed by atoms with Gasteiger partial charge in [-0.05, 0) is 38.5 Å². The molecule has 0 saturated heterocycles. The molecule has 0 amide bonds. The molecule has 0 bridgehead atoms. The van der Waals surface area contributed by atoms with E-state index in [1.165, 1.54) is 128 Å². The van der Waals surface area contributed by atoms with Crippen LogP contribution in [0.3, 0.4) is 0 Å². The molecule has 0 aliphatic rings. The Labute approximate surface area is 213 Å². The van der Waals surface area contributed by atoms with E-state index in [4.69, 9.17) is 9.84 Å². The predicted octanol–water partition coefficient (Wildman–Crippen LogP) is 9.85. The molecule has 0 atom stereocenters. The molecule has 0 aromatic rings. The first-order chi connectivity index (χ1) is 16.8. The number of carbonyl (C=O) groups excluding carboxylic acids is 1. The Morgan fingerprint density at radius 2 is 0.971 bits per heavy atom. The van der Waals surface area contributed by atoms with Crippen molar-refractivity contribution in [3.8, 4) is 0 Å². The molecule has 0 saturated carbocycles. The lowest BCUT2D eigenvalue weighted by molar-refractivity contribution is -0.143. The van der Waals surface area contributed by atoms with E-state index in [9.17, 15) is 4.79 Å². The van der Waals surface area contributed by atoms with Gasteiger partial charge in [-0.3, -0.25) is 4.79 Å². The maximum Gasteiger partial charge on any atom is 0.305 e. The quantitative estimate of drug-likeness (QED) is 0.0688. The minimum absolute atomic E-state index is 0.00372. The second-order valence-electron chi connectivity index (χ2n) is 10.2. The van der Waals surface area contributed by atoms with Crippen LogP contribution in [0.4, 0.5) is 0 Å². The van der Waals surface area contributed by atoms with Crippen LogP contribution in [0, 0.1) is 0 Å². The maximum absolute atomic E-state index is 11.8. The van der Waals surface area contributed by atoms with Crippen LogP contribution in [-0.4, -0.2) is 24.3 Å². The Bertz CT molecular complexity index is 419. The standard InChI is InChI=1S/C31H60O3/c1-2-3-4-5-6-7-13-16-19-22-25-28-31(33)34-30-27-24-21-18-15-12-10-8-9-11-14-17-20-23-26-29-32/h5-6,32H,2-4,7-30H2,1H3. The first-order valence-electron chi connectivity index (χ1n) is 15.2. The Morgan fingerprint density at radius 3 is 1.47 bits per heavy atom. The summed E-state index contributed by atoms with van der Waals surface area (Å²) in [6.45, 7) is 3.20. The summed E-state index contributed by atoms with van der Waals surface area (Å²) in [5.41, 5.74) is 0. The minimum Gasteiger partial charge on any atom is -0.466 e. The van der Waals surface area contributed by atoms with Gasteiger partial charge in [-0.2, -0.15) is 0 Å². The molecular weight excluding hydrogens is 420 g/mol. The highest BCUT2D eigenvalue weighted by Crippen LogP contribution is 2.14. The molecule has 0 aromatic carbocycles. The normalized spacial score (nSPS) is 11.5. The summed E-state index contributed by atoms with van der Waals surface area (Å²) in [5, 5.41) is 8.76. The van der Waals surface area contributed by atoms with E-state index < -0.39 is 0 Å². The molecule has 0 aliphatic carbocycles. The Kier molecular flexibility index (Phi) is 29.5. The SMILES string of the molecule is CCCCC=CCCCCCCCC(=O)OCCCCCCCCCCCCCCCCCO. The molecule has 3 heteroatoms. The molecule has 0 aromatic heterocycles. The van der Waals surface area contributed by atoms with Gasteiger partial charge in [0, 0.05) is 13.0 Å². The van der Waals surface area contributed by atoms with Gasteiger partial charge in [0.05, 0.1) is 6.61 Å². The van der Waals surface area contributed by atoms with Gasteiger partial charge in [0.2, 0.25) is 0 Å². The lowest BCUT2D eigenvalue weighted by atomic mass is 10.0. The molecule has 0 aliphatic heterocycles. The number of hydrogen-bond donors (Lipinski definition) is 1. The van der Waals surface area contributed by atoms with E-state index in [1.54, 1.807) is 0 Å². The van der Waals surface area contributed by atoms with Crippen LogP contribution in [0.1, 0.15) is 167 Å². The van der Waals surface area contributed by atoms with E-state index >= 15 is 0 Å². The number of aliphatic hydroxyl groups is 1. The van der Waals surface area contributed by atoms with Crippen LogP contribution in [0.2, 0.25) is 0 Å². The number of hydrogen-bond acceptors (Lipinski definition) is 3. The second kappa shape index (κ2) is 30.2. The molecular formula is C31H60O3. The Morgan fingerprint density at radius 1 is 0.559 bits per heavy atom. The van der Waals surface area contributed by atoms with Gasteiger partial charge in [-0.25, -0.2) is 0 Å². The third kappa shape index (κ3) is 29.2. The predicted molar refractivity (Wildman–Crippen MR) is 148 cm³/mol. The fourth-order valence-electron chi connectivity index (χ4n) is 4.39. The van der Waals surface area contributed by atoms with Crippen LogP contribution < -0.4 is 0 Å². The summed E-state index contributed by atoms with van der Waals surface area (Å²) >= 11 is 0. The van der Waals surface area contributed by atoms with Crippen molar-refractivity contribution in [3.63, 3.8) is 0 Å². The second-order valence-corrected chi connectivity index (χ2v) is 10.2. The van der Waals surface area contributed by atoms with Crippen LogP contribution in [0.5, 0.6) is 0 Å². The molecule has 0 heterocycles. The monoisotopic (exact) mass is 480 g/mol. The van der Waals surface area contributed by atoms with E-state index in [-0.39, 0.29) is 5.97 Å². The van der Waals surface area contributed by atoms with E-state index in [0.29, 0.717) is 19.6 Å². The Balaban J connectivity index is 3.16. The van der Waals surface area contributed by atoms with Crippen molar-refractivity contribution in [2.75, 3.05) is 13.2 Å². The van der Waals surface area contributed by atoms with Crippen molar-refractivity contribution in [1.29, 1.82) is 0 Å². The lowest BCUT2D eigenvalue weighted by Gasteiger charge is -2.05. The van der Waals surface area contributed by atoms with Crippen molar-refractivity contribution < 1.29 is 14.6 Å². The molecule has 0 unspecified atom stereocenters. The number of rotatable bonds is 28. The number of allylic oxidation sites excluding steroid dienone is 2. The van der Waals surface area contributed by atoms with Crippen molar-refractivity contribution in [2.45, 2.75) is 167 Å². The van der Waals surface area contributed by atoms with Crippen LogP contribution >= 0.6 is 0 Å². The topological polar surface area (TPSA) is 46.5 Å². The molecule has 34 heavy (non-hydrogen) atoms. The van der Waals surface area contributed by atoms with Crippen molar-refractivity contribution in [1.82, 2.24) is 0 Å². The zero-order valence-electron chi connectivity index (χ0n) is 23.0. The Hall–Kier alpha value is -0.830. The largest absolute Gasteiger partial charge is 0.466 e. The molecule has 0 spiro atoms. The van der Waals surface area contributed by atoms with E-state index in [0.717, 1.165) is 25.7 Å². The molecule has 0 fully saturated rings. The highest BCUT2D eigenvalue weighted by molar-refractivity contribution is 5.69. The smallest absolute Gasteiger partial charge is 0.305 e. The first-order valence-corrected chi connectivity index (χ1v) is 15.2. The van der Waals surface area contributed by atoms with Gasteiger partial charge < -0.3 is 9.84 Å². The van der Waals surface area contributed by atoms with E-state index in [2.05, 4.69) is 19.1 Å². The molecule has 3 nitrogen and oxygen atoms in total. The summed E-state index contributed by atoms with van der Waals surface area (Å²) in [6.07, 6.45) is 35.5. The third-order valence-electron chi connectivity index (χ3n) is 6.71. The van der Waals surface area contributed by atoms with Crippen LogP contribution in [0.15, 0.2) is 12.2 Å². The molecule has 1 N–H and O–H groups in total. The highest BCUT2D eigenvalue weighted by atomic mass is 16.5. The van der Waals surface area contributed by atoms with Gasteiger partial charge in [-0.15, -0.1) is 0 Å². The molecule has 0 rings (SSSR count). The summed E-state index contributed by atoms with van der Waals surface area (Å²) in [4.78, 5) is 11.8. The van der Waals surface area contributed by atoms with Crippen LogP contribution in [-0.2, 0) is 9.53 Å². The van der Waals surface area contributed by atoms with Crippen LogP contribution in [0.25, 0.3) is 0 Å². The zero-order valence-corrected chi connectivity index (χ0v) is 23.0. The molecule has 0 radical (unpaired) electrons. The fraction of sp³-hybridized carbons (Fsp3) is 0.903. The summed E-state index contributed by atoms with van der Waals surface area (Å²) in [6, 6.07) is 0. The van der Waals surface area contributed by atoms with Gasteiger partial charge in [-0.1, -0.05) is 135 Å². The van der Waals surface area contributed by atoms with Crippen molar-refractivity contribution in [2.24, 2.45) is 0 Å². The zero-order chi connectivity index (χ0) is 24.8. The summed E-state index contributed by atoms with van der Waals surface area (Å²) in [7, 11) is 0. The van der Waals surface area contributed by atoms with Gasteiger partial charge in [0.25, 0.3) is 0 Å². The number of carbonyl (C=O) groups is 1. The van der Waals surface area contributed by atoms with E-state index in [1.807, 2.05) is 0 Å². The first kappa shape index (κ1) is 33.2. The summed E-state index contributed by atoms with van der Waals surface area (Å²) < 4.78 is 5.39. The number of aliphatic hydroxyl groups excluding tert-OH is 1. The third-order valence-corrected chi connectivity index (χ3v) is 6.71. The fourth-order valence-corrected chi connectivity index (χ4v) is 4.39. The van der Waals surface area contributed by atoms with Gasteiger partial charge in [0.15, 0.2) is 0 Å². The average Bonchev–Trinajstić information content (AvgIpc) is 2.84. The van der Waals surface area contributed by atoms with Crippen molar-refractivity contribution in [3.05, 3.63) is 12.2 Å². The highest BCUT2D eigenvalue weighted by Gasteiger charge is 2.02. The van der Waals surface area contributed by atoms with Gasteiger partial charge in [0.1, 0.15) is 0 Å². The number of ether oxygens (including phenoxy) is 1. The number of unbranched alkanes of at least 4 members (excludes halogenated alkanes) is 21. The van der Waals surface area contributed by atoms with Gasteiger partial charge >= 0.3 is 5.97 Å². The summed E-state index contributed by atoms with van der Waals surface area (Å²) in [5.74, 6) is 0.00372. The lowest BCUT2D eigenvalue weighted by Crippen LogP contribution is -2.05. The van der Waals surface area contributed by atoms with Crippen molar-refractivity contribution >= 4 is 5.97 Å². The molecule has 202 valence electrons. The number of esters is 1. The minimum atomic E-state index is 0.00372.